The molecule has 0 fully saturated rings. The van der Waals surface area contributed by atoms with E-state index in [0.717, 1.165) is 5.69 Å². The Morgan fingerprint density at radius 1 is 1.24 bits per heavy atom. The van der Waals surface area contributed by atoms with Crippen LogP contribution in [0.4, 0.5) is 15.8 Å². The molecule has 2 aliphatic heterocycles. The van der Waals surface area contributed by atoms with Crippen molar-refractivity contribution >= 4 is 28.9 Å². The van der Waals surface area contributed by atoms with E-state index >= 15 is 0 Å². The molecule has 2 aromatic carbocycles. The van der Waals surface area contributed by atoms with Gasteiger partial charge in [-0.15, -0.1) is 0 Å². The summed E-state index contributed by atoms with van der Waals surface area (Å²) in [4.78, 5) is 14.3. The summed E-state index contributed by atoms with van der Waals surface area (Å²) in [6, 6.07) is 10.7. The van der Waals surface area contributed by atoms with E-state index in [4.69, 9.17) is 11.6 Å². The number of carbonyl (C=O) groups is 1. The number of nitrogens with zero attached hydrogens (tertiary/aromatic N) is 1. The fourth-order valence-electron chi connectivity index (χ4n) is 3.10. The maximum atomic E-state index is 13.6. The molecule has 2 aromatic rings. The normalized spacial score (nSPS) is 19.4. The van der Waals surface area contributed by atoms with Gasteiger partial charge in [-0.1, -0.05) is 35.9 Å². The molecule has 4 rings (SSSR count). The first kappa shape index (κ1) is 12.7. The minimum absolute atomic E-state index is 0.0718. The number of rotatable bonds is 0. The van der Waals surface area contributed by atoms with Gasteiger partial charge in [-0.05, 0) is 17.2 Å². The van der Waals surface area contributed by atoms with E-state index in [1.807, 2.05) is 23.1 Å². The smallest absolute Gasteiger partial charge is 0.247 e. The molecule has 1 atom stereocenters. The third kappa shape index (κ3) is 1.90. The van der Waals surface area contributed by atoms with Crippen LogP contribution in [0.2, 0.25) is 5.02 Å². The SMILES string of the molecule is O=C1Nc2cc(F)c(Cl)cc2N2Cc3ccccc3CC12. The largest absolute Gasteiger partial charge is 0.353 e. The van der Waals surface area contributed by atoms with Crippen molar-refractivity contribution in [3.63, 3.8) is 0 Å². The molecule has 1 N–H and O–H groups in total. The van der Waals surface area contributed by atoms with Crippen molar-refractivity contribution < 1.29 is 9.18 Å². The number of hydrogen-bond acceptors (Lipinski definition) is 2. The highest BCUT2D eigenvalue weighted by Crippen LogP contribution is 2.39. The van der Waals surface area contributed by atoms with Gasteiger partial charge in [0.15, 0.2) is 0 Å². The Kier molecular flexibility index (Phi) is 2.69. The lowest BCUT2D eigenvalue weighted by Crippen LogP contribution is -2.51. The van der Waals surface area contributed by atoms with Crippen LogP contribution in [0.25, 0.3) is 0 Å². The highest BCUT2D eigenvalue weighted by molar-refractivity contribution is 6.31. The summed E-state index contributed by atoms with van der Waals surface area (Å²) >= 11 is 5.90. The molecule has 0 bridgehead atoms. The van der Waals surface area contributed by atoms with Crippen LogP contribution in [-0.2, 0) is 17.8 Å². The second-order valence-corrected chi connectivity index (χ2v) is 5.80. The van der Waals surface area contributed by atoms with Crippen LogP contribution < -0.4 is 10.2 Å². The van der Waals surface area contributed by atoms with Crippen LogP contribution in [0, 0.1) is 5.82 Å². The molecule has 106 valence electrons. The van der Waals surface area contributed by atoms with E-state index in [-0.39, 0.29) is 17.0 Å². The van der Waals surface area contributed by atoms with Crippen molar-refractivity contribution in [3.8, 4) is 0 Å². The van der Waals surface area contributed by atoms with Crippen LogP contribution in [0.3, 0.4) is 0 Å². The lowest BCUT2D eigenvalue weighted by molar-refractivity contribution is -0.117. The van der Waals surface area contributed by atoms with Crippen LogP contribution in [0.5, 0.6) is 0 Å². The van der Waals surface area contributed by atoms with Gasteiger partial charge in [-0.25, -0.2) is 4.39 Å². The van der Waals surface area contributed by atoms with E-state index in [1.54, 1.807) is 6.07 Å². The summed E-state index contributed by atoms with van der Waals surface area (Å²) in [6.07, 6.45) is 0.649. The first-order chi connectivity index (χ1) is 10.1. The second-order valence-electron chi connectivity index (χ2n) is 5.39. The molecule has 0 spiro atoms. The molecule has 2 aliphatic rings. The molecular formula is C16H12ClFN2O. The fraction of sp³-hybridized carbons (Fsp3) is 0.188. The summed E-state index contributed by atoms with van der Waals surface area (Å²) in [5, 5.41) is 2.85. The first-order valence-corrected chi connectivity index (χ1v) is 7.14. The Morgan fingerprint density at radius 3 is 2.81 bits per heavy atom. The fourth-order valence-corrected chi connectivity index (χ4v) is 3.26. The summed E-state index contributed by atoms with van der Waals surface area (Å²) in [5.41, 5.74) is 3.64. The maximum Gasteiger partial charge on any atom is 0.247 e. The Bertz CT molecular complexity index is 762. The number of halogens is 2. The van der Waals surface area contributed by atoms with Gasteiger partial charge in [-0.3, -0.25) is 4.79 Å². The zero-order valence-corrected chi connectivity index (χ0v) is 11.8. The summed E-state index contributed by atoms with van der Waals surface area (Å²) in [6.45, 7) is 0.628. The molecular weight excluding hydrogens is 291 g/mol. The number of benzene rings is 2. The highest BCUT2D eigenvalue weighted by Gasteiger charge is 2.37. The van der Waals surface area contributed by atoms with E-state index in [1.165, 1.54) is 17.2 Å². The van der Waals surface area contributed by atoms with Gasteiger partial charge in [0.25, 0.3) is 0 Å². The monoisotopic (exact) mass is 302 g/mol. The van der Waals surface area contributed by atoms with Gasteiger partial charge in [0.2, 0.25) is 5.91 Å². The molecule has 3 nitrogen and oxygen atoms in total. The number of fused-ring (bicyclic) bond motifs is 4. The van der Waals surface area contributed by atoms with Crippen molar-refractivity contribution in [3.05, 3.63) is 58.4 Å². The number of amides is 1. The van der Waals surface area contributed by atoms with Gasteiger partial charge in [0.05, 0.1) is 16.4 Å². The average molecular weight is 303 g/mol. The molecule has 1 unspecified atom stereocenters. The van der Waals surface area contributed by atoms with Gasteiger partial charge >= 0.3 is 0 Å². The first-order valence-electron chi connectivity index (χ1n) is 6.77. The zero-order valence-electron chi connectivity index (χ0n) is 11.1. The quantitative estimate of drug-likeness (QED) is 0.809. The predicted octanol–water partition coefficient (Wildman–Crippen LogP) is 3.36. The Balaban J connectivity index is 1.85. The van der Waals surface area contributed by atoms with Crippen LogP contribution >= 0.6 is 11.6 Å². The topological polar surface area (TPSA) is 32.3 Å². The second kappa shape index (κ2) is 4.46. The predicted molar refractivity (Wildman–Crippen MR) is 80.2 cm³/mol. The standard InChI is InChI=1S/C16H12ClFN2O/c17-11-6-14-13(7-12(11)18)19-16(21)15-5-9-3-1-2-4-10(9)8-20(14)15/h1-4,6-7,15H,5,8H2,(H,19,21). The molecule has 1 amide bonds. The maximum absolute atomic E-state index is 13.6. The van der Waals surface area contributed by atoms with E-state index < -0.39 is 5.82 Å². The molecule has 21 heavy (non-hydrogen) atoms. The van der Waals surface area contributed by atoms with Crippen LogP contribution in [0.15, 0.2) is 36.4 Å². The highest BCUT2D eigenvalue weighted by atomic mass is 35.5. The van der Waals surface area contributed by atoms with Crippen molar-refractivity contribution in [2.24, 2.45) is 0 Å². The zero-order chi connectivity index (χ0) is 14.6. The molecule has 0 saturated heterocycles. The Hall–Kier alpha value is -2.07. The molecule has 5 heteroatoms. The molecule has 0 aromatic heterocycles. The number of hydrogen-bond donors (Lipinski definition) is 1. The number of anilines is 2. The lowest BCUT2D eigenvalue weighted by atomic mass is 9.91. The lowest BCUT2D eigenvalue weighted by Gasteiger charge is -2.41. The van der Waals surface area contributed by atoms with Gasteiger partial charge in [0, 0.05) is 19.0 Å². The number of nitrogens with one attached hydrogen (secondary N) is 1. The summed E-state index contributed by atoms with van der Waals surface area (Å²) in [5.74, 6) is -0.620. The van der Waals surface area contributed by atoms with E-state index in [9.17, 15) is 9.18 Å². The van der Waals surface area contributed by atoms with Crippen LogP contribution in [0.1, 0.15) is 11.1 Å². The number of carbonyl (C=O) groups excluding carboxylic acids is 1. The third-order valence-corrected chi connectivity index (χ3v) is 4.45. The van der Waals surface area contributed by atoms with Gasteiger partial charge in [-0.2, -0.15) is 0 Å². The van der Waals surface area contributed by atoms with Crippen LogP contribution in [-0.4, -0.2) is 11.9 Å². The molecule has 0 radical (unpaired) electrons. The Morgan fingerprint density at radius 2 is 2.00 bits per heavy atom. The molecule has 0 saturated carbocycles. The van der Waals surface area contributed by atoms with Crippen molar-refractivity contribution in [1.29, 1.82) is 0 Å². The van der Waals surface area contributed by atoms with Crippen molar-refractivity contribution in [2.75, 3.05) is 10.2 Å². The summed E-state index contributed by atoms with van der Waals surface area (Å²) in [7, 11) is 0. The average Bonchev–Trinajstić information content (AvgIpc) is 2.48. The van der Waals surface area contributed by atoms with Crippen molar-refractivity contribution in [2.45, 2.75) is 19.0 Å². The van der Waals surface area contributed by atoms with Gasteiger partial charge < -0.3 is 10.2 Å². The summed E-state index contributed by atoms with van der Waals surface area (Å²) < 4.78 is 13.6. The minimum Gasteiger partial charge on any atom is -0.353 e. The van der Waals surface area contributed by atoms with E-state index in [2.05, 4.69) is 11.4 Å². The molecule has 0 aliphatic carbocycles. The van der Waals surface area contributed by atoms with Crippen molar-refractivity contribution in [1.82, 2.24) is 0 Å². The third-order valence-electron chi connectivity index (χ3n) is 4.16. The Labute approximate surface area is 126 Å². The van der Waals surface area contributed by atoms with E-state index in [0.29, 0.717) is 18.7 Å². The van der Waals surface area contributed by atoms with Gasteiger partial charge in [0.1, 0.15) is 11.9 Å². The molecule has 2 heterocycles. The minimum atomic E-state index is -0.522.